The maximum atomic E-state index is 12.8. The third-order valence-corrected chi connectivity index (χ3v) is 11.1. The van der Waals surface area contributed by atoms with E-state index in [2.05, 4.69) is 45.3 Å². The average molecular weight is 754 g/mol. The van der Waals surface area contributed by atoms with E-state index in [0.717, 1.165) is 38.6 Å². The van der Waals surface area contributed by atoms with Crippen molar-refractivity contribution in [3.05, 3.63) is 99.8 Å². The number of aromatic nitrogens is 4. The largest absolute Gasteiger partial charge is 0.360 e. The molecule has 5 aromatic rings. The fourth-order valence-electron chi connectivity index (χ4n) is 5.07. The van der Waals surface area contributed by atoms with E-state index in [1.807, 2.05) is 105 Å². The second-order valence-corrected chi connectivity index (χ2v) is 21.5. The summed E-state index contributed by atoms with van der Waals surface area (Å²) in [5, 5.41) is 16.0. The first-order chi connectivity index (χ1) is 24.9. The Morgan fingerprint density at radius 3 is 1.96 bits per heavy atom. The van der Waals surface area contributed by atoms with Gasteiger partial charge in [-0.3, -0.25) is 14.6 Å². The number of thiazole rings is 2. The molecule has 10 nitrogen and oxygen atoms in total. The van der Waals surface area contributed by atoms with Gasteiger partial charge in [-0.2, -0.15) is 5.10 Å². The Morgan fingerprint density at radius 2 is 1.38 bits per heavy atom. The zero-order valence-corrected chi connectivity index (χ0v) is 33.5. The normalized spacial score (nSPS) is 12.7. The van der Waals surface area contributed by atoms with Gasteiger partial charge in [-0.25, -0.2) is 14.6 Å². The molecule has 0 saturated carbocycles. The lowest BCUT2D eigenvalue weighted by atomic mass is 10.1. The minimum Gasteiger partial charge on any atom is -0.360 e. The first-order valence-electron chi connectivity index (χ1n) is 17.4. The van der Waals surface area contributed by atoms with Gasteiger partial charge in [-0.15, -0.1) is 22.7 Å². The Bertz CT molecular complexity index is 2010. The Balaban J connectivity index is 0.000000210. The molecule has 0 aliphatic carbocycles. The third-order valence-electron chi connectivity index (χ3n) is 7.66. The molecule has 2 amide bonds. The number of benzene rings is 2. The number of ether oxygens (including phenoxy) is 1. The summed E-state index contributed by atoms with van der Waals surface area (Å²) in [4.78, 5) is 38.8. The van der Waals surface area contributed by atoms with Crippen LogP contribution in [-0.2, 0) is 16.3 Å². The van der Waals surface area contributed by atoms with Crippen LogP contribution in [0, 0.1) is 0 Å². The van der Waals surface area contributed by atoms with E-state index in [4.69, 9.17) is 9.72 Å². The zero-order valence-electron chi connectivity index (χ0n) is 30.8. The van der Waals surface area contributed by atoms with Crippen LogP contribution in [-0.4, -0.2) is 70.6 Å². The van der Waals surface area contributed by atoms with E-state index in [1.54, 1.807) is 10.9 Å². The van der Waals surface area contributed by atoms with Crippen molar-refractivity contribution >= 4 is 48.3 Å². The summed E-state index contributed by atoms with van der Waals surface area (Å²) in [6.45, 7) is 16.3. The van der Waals surface area contributed by atoms with E-state index in [0.29, 0.717) is 42.4 Å². The van der Waals surface area contributed by atoms with Gasteiger partial charge in [0.2, 0.25) is 0 Å². The summed E-state index contributed by atoms with van der Waals surface area (Å²) in [7, 11) is -1.15. The average Bonchev–Trinajstić information content (AvgIpc) is 3.93. The van der Waals surface area contributed by atoms with Gasteiger partial charge >= 0.3 is 0 Å². The summed E-state index contributed by atoms with van der Waals surface area (Å²) < 4.78 is 7.51. The Hall–Kier alpha value is -4.56. The van der Waals surface area contributed by atoms with E-state index in [9.17, 15) is 9.59 Å². The Labute approximate surface area is 315 Å². The van der Waals surface area contributed by atoms with E-state index in [1.165, 1.54) is 22.7 Å². The topological polar surface area (TPSA) is 123 Å². The first kappa shape index (κ1) is 38.7. The molecule has 272 valence electrons. The number of amides is 2. The molecule has 1 aliphatic rings. The lowest BCUT2D eigenvalue weighted by Gasteiger charge is -2.15. The van der Waals surface area contributed by atoms with Gasteiger partial charge in [0.1, 0.15) is 28.2 Å². The van der Waals surface area contributed by atoms with Gasteiger partial charge in [0.05, 0.1) is 29.1 Å². The molecule has 0 unspecified atom stereocenters. The Kier molecular flexibility index (Phi) is 13.2. The van der Waals surface area contributed by atoms with Crippen LogP contribution in [0.5, 0.6) is 0 Å². The molecule has 3 aromatic heterocycles. The lowest BCUT2D eigenvalue weighted by molar-refractivity contribution is -0.117. The molecule has 52 heavy (non-hydrogen) atoms. The van der Waals surface area contributed by atoms with Gasteiger partial charge in [0.15, 0.2) is 0 Å². The van der Waals surface area contributed by atoms with Crippen molar-refractivity contribution in [3.8, 4) is 33.2 Å². The van der Waals surface area contributed by atoms with Crippen molar-refractivity contribution in [2.24, 2.45) is 4.99 Å². The number of carbonyl (C=O) groups excluding carboxylic acids is 2. The molecule has 2 aromatic carbocycles. The molecule has 0 radical (unpaired) electrons. The minimum absolute atomic E-state index is 0.0397. The summed E-state index contributed by atoms with van der Waals surface area (Å²) in [6, 6.07) is 21.3. The highest BCUT2D eigenvalue weighted by Gasteiger charge is 2.24. The monoisotopic (exact) mass is 753 g/mol. The third kappa shape index (κ3) is 10.7. The zero-order chi connectivity index (χ0) is 37.3. The van der Waals surface area contributed by atoms with Crippen molar-refractivity contribution in [2.45, 2.75) is 72.2 Å². The van der Waals surface area contributed by atoms with Crippen LogP contribution in [0.4, 0.5) is 0 Å². The summed E-state index contributed by atoms with van der Waals surface area (Å²) in [5.74, 6) is -0.229. The van der Waals surface area contributed by atoms with Gasteiger partial charge in [0.25, 0.3) is 11.8 Å². The van der Waals surface area contributed by atoms with E-state index >= 15 is 0 Å². The standard InChI is InChI=1S/C22H30N4O2SSi.C17H17N3OS/c1-16(2)23-21(27)18-13-26(15-28-11-12-30(3,4)5)25-20(18)22-24-19(14-29-22)17-9-7-6-8-10-17;1-11(2)19-16(21)13-8-9-18-15(13)17-20-14(10-22-17)12-6-4-3-5-7-12/h6-10,13-14,16H,11-12,15H2,1-5H3,(H,23,27);3-8,10-11H,9H2,1-2H3,(H,19,21). The molecule has 0 bridgehead atoms. The fraction of sp³-hybridized carbons (Fsp3) is 0.333. The number of nitrogens with zero attached hydrogens (tertiary/aromatic N) is 5. The molecule has 1 aliphatic heterocycles. The fourth-order valence-corrected chi connectivity index (χ4v) is 7.50. The van der Waals surface area contributed by atoms with E-state index in [-0.39, 0.29) is 23.9 Å². The van der Waals surface area contributed by atoms with Crippen molar-refractivity contribution in [2.75, 3.05) is 13.2 Å². The molecule has 0 saturated heterocycles. The van der Waals surface area contributed by atoms with Crippen LogP contribution in [0.3, 0.4) is 0 Å². The molecule has 4 heterocycles. The second-order valence-electron chi connectivity index (χ2n) is 14.2. The highest BCUT2D eigenvalue weighted by atomic mass is 32.1. The summed E-state index contributed by atoms with van der Waals surface area (Å²) in [5.41, 5.74) is 6.35. The molecule has 0 fully saturated rings. The molecule has 0 spiro atoms. The van der Waals surface area contributed by atoms with Crippen LogP contribution >= 0.6 is 22.7 Å². The van der Waals surface area contributed by atoms with Crippen molar-refractivity contribution < 1.29 is 14.3 Å². The second kappa shape index (κ2) is 17.8. The molecular weight excluding hydrogens is 707 g/mol. The predicted octanol–water partition coefficient (Wildman–Crippen LogP) is 8.19. The smallest absolute Gasteiger partial charge is 0.255 e. The molecule has 6 rings (SSSR count). The molecule has 0 atom stereocenters. The van der Waals surface area contributed by atoms with Crippen molar-refractivity contribution in [1.82, 2.24) is 30.4 Å². The van der Waals surface area contributed by atoms with Crippen molar-refractivity contribution in [1.29, 1.82) is 0 Å². The number of carbonyl (C=O) groups is 2. The van der Waals surface area contributed by atoms with Crippen LogP contribution in [0.1, 0.15) is 43.1 Å². The van der Waals surface area contributed by atoms with E-state index < -0.39 is 8.07 Å². The van der Waals surface area contributed by atoms with Gasteiger partial charge in [0, 0.05) is 54.8 Å². The maximum absolute atomic E-state index is 12.8. The highest BCUT2D eigenvalue weighted by molar-refractivity contribution is 7.13. The van der Waals surface area contributed by atoms with Crippen LogP contribution in [0.15, 0.2) is 94.3 Å². The molecule has 13 heteroatoms. The predicted molar refractivity (Wildman–Crippen MR) is 216 cm³/mol. The lowest BCUT2D eigenvalue weighted by Crippen LogP contribution is -2.33. The Morgan fingerprint density at radius 1 is 0.827 bits per heavy atom. The minimum atomic E-state index is -1.15. The first-order valence-corrected chi connectivity index (χ1v) is 22.9. The number of nitrogens with one attached hydrogen (secondary N) is 2. The highest BCUT2D eigenvalue weighted by Crippen LogP contribution is 2.30. The molecule has 2 N–H and O–H groups in total. The molecular formula is C39H47N7O3S2Si. The van der Waals surface area contributed by atoms with Gasteiger partial charge in [-0.1, -0.05) is 80.3 Å². The number of rotatable bonds is 13. The van der Waals surface area contributed by atoms with Crippen LogP contribution in [0.25, 0.3) is 33.2 Å². The van der Waals surface area contributed by atoms with Gasteiger partial charge in [-0.05, 0) is 39.8 Å². The summed E-state index contributed by atoms with van der Waals surface area (Å²) >= 11 is 3.01. The summed E-state index contributed by atoms with van der Waals surface area (Å²) in [6.07, 6.45) is 3.61. The number of aliphatic imine (C=N–C) groups is 1. The quantitative estimate of drug-likeness (QED) is 0.0924. The van der Waals surface area contributed by atoms with Crippen LogP contribution < -0.4 is 10.6 Å². The van der Waals surface area contributed by atoms with Gasteiger partial charge < -0.3 is 15.4 Å². The van der Waals surface area contributed by atoms with Crippen molar-refractivity contribution in [3.63, 3.8) is 0 Å². The number of hydrogen-bond acceptors (Lipinski definition) is 9. The SMILES string of the molecule is CC(C)NC(=O)C1=CCN=C1c1nc(-c2ccccc2)cs1.CC(C)NC(=O)c1cn(COCC[Si](C)(C)C)nc1-c1nc(-c2ccccc2)cs1. The number of hydrogen-bond donors (Lipinski definition) is 2. The maximum Gasteiger partial charge on any atom is 0.255 e. The van der Waals surface area contributed by atoms with Crippen LogP contribution in [0.2, 0.25) is 25.7 Å².